The molecule has 0 aliphatic carbocycles. The fourth-order valence-corrected chi connectivity index (χ4v) is 1.81. The smallest absolute Gasteiger partial charge is 0.326 e. The fraction of sp³-hybridized carbons (Fsp3) is 0.818. The Morgan fingerprint density at radius 3 is 2.31 bits per heavy atom. The Morgan fingerprint density at radius 1 is 1.38 bits per heavy atom. The van der Waals surface area contributed by atoms with Crippen LogP contribution in [0.2, 0.25) is 0 Å². The van der Waals surface area contributed by atoms with Crippen LogP contribution in [-0.2, 0) is 9.59 Å². The van der Waals surface area contributed by atoms with Gasteiger partial charge in [-0.05, 0) is 11.2 Å². The van der Waals surface area contributed by atoms with Crippen LogP contribution < -0.4 is 5.32 Å². The van der Waals surface area contributed by atoms with Crippen LogP contribution in [-0.4, -0.2) is 34.5 Å². The lowest BCUT2D eigenvalue weighted by atomic mass is 9.87. The largest absolute Gasteiger partial charge is 0.480 e. The molecule has 0 aliphatic heterocycles. The molecule has 4 nitrogen and oxygen atoms in total. The molecule has 0 aromatic heterocycles. The quantitative estimate of drug-likeness (QED) is 0.702. The number of amides is 1. The van der Waals surface area contributed by atoms with E-state index >= 15 is 0 Å². The summed E-state index contributed by atoms with van der Waals surface area (Å²) in [5.74, 6) is 0.528. The van der Waals surface area contributed by atoms with Gasteiger partial charge in [-0.2, -0.15) is 11.8 Å². The van der Waals surface area contributed by atoms with Gasteiger partial charge in [-0.25, -0.2) is 4.79 Å². The van der Waals surface area contributed by atoms with Crippen molar-refractivity contribution in [1.29, 1.82) is 0 Å². The van der Waals surface area contributed by atoms with Crippen molar-refractivity contribution in [2.24, 2.45) is 5.41 Å². The molecule has 0 fully saturated rings. The van der Waals surface area contributed by atoms with Crippen molar-refractivity contribution in [3.05, 3.63) is 0 Å². The van der Waals surface area contributed by atoms with E-state index in [1.54, 1.807) is 32.5 Å². The second kappa shape index (κ2) is 6.78. The number of hydrogen-bond donors (Lipinski definition) is 2. The second-order valence-corrected chi connectivity index (χ2v) is 6.05. The summed E-state index contributed by atoms with van der Waals surface area (Å²) >= 11 is 1.67. The van der Waals surface area contributed by atoms with E-state index in [0.717, 1.165) is 11.5 Å². The van der Waals surface area contributed by atoms with Crippen LogP contribution in [0.15, 0.2) is 0 Å². The first-order chi connectivity index (χ1) is 7.29. The van der Waals surface area contributed by atoms with Gasteiger partial charge in [-0.3, -0.25) is 4.79 Å². The Bertz CT molecular complexity index is 248. The lowest BCUT2D eigenvalue weighted by molar-refractivity contribution is -0.144. The highest BCUT2D eigenvalue weighted by Gasteiger charge is 2.32. The number of aliphatic carboxylic acids is 1. The molecular weight excluding hydrogens is 226 g/mol. The van der Waals surface area contributed by atoms with Crippen molar-refractivity contribution in [1.82, 2.24) is 5.32 Å². The van der Waals surface area contributed by atoms with Crippen molar-refractivity contribution in [3.63, 3.8) is 0 Å². The minimum Gasteiger partial charge on any atom is -0.480 e. The molecule has 0 saturated carbocycles. The van der Waals surface area contributed by atoms with E-state index in [2.05, 4.69) is 5.32 Å². The summed E-state index contributed by atoms with van der Waals surface area (Å²) in [6.45, 7) is 7.42. The molecule has 0 heterocycles. The molecule has 0 aromatic rings. The second-order valence-electron chi connectivity index (χ2n) is 4.65. The third-order valence-corrected chi connectivity index (χ3v) is 3.00. The summed E-state index contributed by atoms with van der Waals surface area (Å²) in [6, 6.07) is -0.827. The molecule has 2 N–H and O–H groups in total. The minimum absolute atomic E-state index is 0.191. The summed E-state index contributed by atoms with van der Waals surface area (Å²) in [6.07, 6.45) is 0.373. The predicted molar refractivity (Wildman–Crippen MR) is 66.6 cm³/mol. The van der Waals surface area contributed by atoms with E-state index in [1.165, 1.54) is 0 Å². The zero-order valence-electron chi connectivity index (χ0n) is 10.4. The van der Waals surface area contributed by atoms with Crippen LogP contribution in [0.1, 0.15) is 34.1 Å². The molecule has 16 heavy (non-hydrogen) atoms. The molecule has 0 aromatic carbocycles. The summed E-state index contributed by atoms with van der Waals surface area (Å²) in [4.78, 5) is 22.5. The van der Waals surface area contributed by atoms with E-state index in [9.17, 15) is 9.59 Å². The highest BCUT2D eigenvalue weighted by Crippen LogP contribution is 2.19. The van der Waals surface area contributed by atoms with Gasteiger partial charge in [0.2, 0.25) is 5.91 Å². The lowest BCUT2D eigenvalue weighted by Gasteiger charge is -2.27. The summed E-state index contributed by atoms with van der Waals surface area (Å²) < 4.78 is 0. The number of rotatable bonds is 6. The van der Waals surface area contributed by atoms with E-state index in [4.69, 9.17) is 5.11 Å². The molecule has 94 valence electrons. The number of carboxylic acids is 1. The van der Waals surface area contributed by atoms with E-state index in [-0.39, 0.29) is 5.91 Å². The standard InChI is InChI=1S/C11H21NO3S/c1-5-16-7-6-8(13)12-9(10(14)15)11(2,3)4/h9H,5-7H2,1-4H3,(H,12,13)(H,14,15). The maximum atomic E-state index is 11.5. The van der Waals surface area contributed by atoms with Crippen LogP contribution >= 0.6 is 11.8 Å². The third-order valence-electron chi connectivity index (χ3n) is 2.10. The number of carboxylic acid groups (broad SMARTS) is 1. The van der Waals surface area contributed by atoms with Crippen molar-refractivity contribution in [2.45, 2.75) is 40.2 Å². The highest BCUT2D eigenvalue weighted by atomic mass is 32.2. The monoisotopic (exact) mass is 247 g/mol. The number of thioether (sulfide) groups is 1. The Hall–Kier alpha value is -0.710. The minimum atomic E-state index is -0.982. The van der Waals surface area contributed by atoms with Gasteiger partial charge in [0, 0.05) is 12.2 Å². The topological polar surface area (TPSA) is 66.4 Å². The van der Waals surface area contributed by atoms with Crippen LogP contribution in [0, 0.1) is 5.41 Å². The first kappa shape index (κ1) is 15.3. The van der Waals surface area contributed by atoms with Crippen LogP contribution in [0.25, 0.3) is 0 Å². The van der Waals surface area contributed by atoms with Crippen LogP contribution in [0.5, 0.6) is 0 Å². The molecule has 1 unspecified atom stereocenters. The van der Waals surface area contributed by atoms with Gasteiger partial charge in [0.1, 0.15) is 6.04 Å². The lowest BCUT2D eigenvalue weighted by Crippen LogP contribution is -2.49. The van der Waals surface area contributed by atoms with Crippen molar-refractivity contribution in [3.8, 4) is 0 Å². The van der Waals surface area contributed by atoms with Gasteiger partial charge >= 0.3 is 5.97 Å². The van der Waals surface area contributed by atoms with Gasteiger partial charge in [-0.1, -0.05) is 27.7 Å². The van der Waals surface area contributed by atoms with Gasteiger partial charge in [0.05, 0.1) is 0 Å². The molecular formula is C11H21NO3S. The van der Waals surface area contributed by atoms with Crippen molar-refractivity contribution >= 4 is 23.6 Å². The molecule has 5 heteroatoms. The Labute approximate surface area is 101 Å². The number of carbonyl (C=O) groups excluding carboxylic acids is 1. The van der Waals surface area contributed by atoms with Crippen LogP contribution in [0.4, 0.5) is 0 Å². The first-order valence-electron chi connectivity index (χ1n) is 5.39. The third kappa shape index (κ3) is 6.00. The molecule has 0 radical (unpaired) electrons. The van der Waals surface area contributed by atoms with Gasteiger partial charge in [-0.15, -0.1) is 0 Å². The Balaban J connectivity index is 4.21. The zero-order chi connectivity index (χ0) is 12.8. The molecule has 0 saturated heterocycles. The van der Waals surface area contributed by atoms with Crippen molar-refractivity contribution in [2.75, 3.05) is 11.5 Å². The number of hydrogen-bond acceptors (Lipinski definition) is 3. The zero-order valence-corrected chi connectivity index (χ0v) is 11.2. The normalized spacial score (nSPS) is 13.2. The molecule has 1 atom stereocenters. The van der Waals surface area contributed by atoms with Gasteiger partial charge in [0.15, 0.2) is 0 Å². The number of carbonyl (C=O) groups is 2. The average molecular weight is 247 g/mol. The first-order valence-corrected chi connectivity index (χ1v) is 6.54. The molecule has 0 spiro atoms. The number of nitrogens with one attached hydrogen (secondary N) is 1. The van der Waals surface area contributed by atoms with Crippen molar-refractivity contribution < 1.29 is 14.7 Å². The SMILES string of the molecule is CCSCCC(=O)NC(C(=O)O)C(C)(C)C. The average Bonchev–Trinajstić information content (AvgIpc) is 2.12. The maximum absolute atomic E-state index is 11.5. The highest BCUT2D eigenvalue weighted by molar-refractivity contribution is 7.99. The summed E-state index contributed by atoms with van der Waals surface area (Å²) in [7, 11) is 0. The Morgan fingerprint density at radius 2 is 1.94 bits per heavy atom. The summed E-state index contributed by atoms with van der Waals surface area (Å²) in [5.41, 5.74) is -0.473. The Kier molecular flexibility index (Phi) is 6.48. The summed E-state index contributed by atoms with van der Waals surface area (Å²) in [5, 5.41) is 11.6. The molecule has 0 rings (SSSR count). The maximum Gasteiger partial charge on any atom is 0.326 e. The molecule has 0 bridgehead atoms. The van der Waals surface area contributed by atoms with Gasteiger partial charge in [0.25, 0.3) is 0 Å². The fourth-order valence-electron chi connectivity index (χ4n) is 1.19. The molecule has 0 aliphatic rings. The van der Waals surface area contributed by atoms with E-state index in [0.29, 0.717) is 6.42 Å². The predicted octanol–water partition coefficient (Wildman–Crippen LogP) is 1.75. The molecule has 1 amide bonds. The van der Waals surface area contributed by atoms with E-state index < -0.39 is 17.4 Å². The van der Waals surface area contributed by atoms with Crippen LogP contribution in [0.3, 0.4) is 0 Å². The van der Waals surface area contributed by atoms with E-state index in [1.807, 2.05) is 6.92 Å². The van der Waals surface area contributed by atoms with Gasteiger partial charge < -0.3 is 10.4 Å².